The van der Waals surface area contributed by atoms with Gasteiger partial charge in [0.25, 0.3) is 0 Å². The van der Waals surface area contributed by atoms with Crippen LogP contribution in [-0.2, 0) is 11.3 Å². The Morgan fingerprint density at radius 3 is 2.42 bits per heavy atom. The molecule has 1 amide bonds. The molecule has 6 nitrogen and oxygen atoms in total. The van der Waals surface area contributed by atoms with Crippen molar-refractivity contribution in [2.24, 2.45) is 0 Å². The second-order valence-electron chi connectivity index (χ2n) is 5.85. The van der Waals surface area contributed by atoms with E-state index < -0.39 is 0 Å². The van der Waals surface area contributed by atoms with Crippen molar-refractivity contribution in [1.29, 1.82) is 0 Å². The van der Waals surface area contributed by atoms with E-state index in [9.17, 15) is 9.59 Å². The molecule has 0 saturated heterocycles. The van der Waals surface area contributed by atoms with Crippen LogP contribution in [0.15, 0.2) is 36.4 Å². The third-order valence-corrected chi connectivity index (χ3v) is 3.95. The first-order valence-electron chi connectivity index (χ1n) is 7.65. The molecule has 0 spiro atoms. The Bertz CT molecular complexity index is 926. The average molecular weight is 322 g/mol. The van der Waals surface area contributed by atoms with Gasteiger partial charge < -0.3 is 5.32 Å². The molecular weight excluding hydrogens is 304 g/mol. The number of hydrogen-bond donors (Lipinski definition) is 1. The normalized spacial score (nSPS) is 10.8. The Hall–Kier alpha value is -3.02. The minimum Gasteiger partial charge on any atom is -0.326 e. The van der Waals surface area contributed by atoms with Crippen molar-refractivity contribution < 1.29 is 9.59 Å². The maximum absolute atomic E-state index is 12.5. The Balaban J connectivity index is 1.82. The van der Waals surface area contributed by atoms with Gasteiger partial charge in [-0.2, -0.15) is 0 Å². The van der Waals surface area contributed by atoms with E-state index in [-0.39, 0.29) is 18.2 Å². The molecule has 2 aromatic carbocycles. The third kappa shape index (κ3) is 3.17. The number of rotatable bonds is 4. The summed E-state index contributed by atoms with van der Waals surface area (Å²) in [5.41, 5.74) is 5.15. The molecule has 0 aliphatic rings. The number of aromatic nitrogens is 3. The fourth-order valence-corrected chi connectivity index (χ4v) is 2.51. The number of amides is 1. The van der Waals surface area contributed by atoms with Crippen LogP contribution in [0.4, 0.5) is 5.69 Å². The number of nitrogens with zero attached hydrogens (tertiary/aromatic N) is 3. The van der Waals surface area contributed by atoms with Gasteiger partial charge in [0.15, 0.2) is 5.78 Å². The van der Waals surface area contributed by atoms with Gasteiger partial charge in [0, 0.05) is 18.2 Å². The lowest BCUT2D eigenvalue weighted by molar-refractivity contribution is -0.114. The summed E-state index contributed by atoms with van der Waals surface area (Å²) < 4.78 is 1.62. The van der Waals surface area contributed by atoms with E-state index in [0.717, 1.165) is 22.2 Å². The van der Waals surface area contributed by atoms with E-state index >= 15 is 0 Å². The van der Waals surface area contributed by atoms with Crippen LogP contribution in [0, 0.1) is 13.8 Å². The van der Waals surface area contributed by atoms with E-state index in [1.807, 2.05) is 26.0 Å². The molecule has 1 N–H and O–H groups in total. The molecule has 6 heteroatoms. The topological polar surface area (TPSA) is 76.9 Å². The van der Waals surface area contributed by atoms with Gasteiger partial charge in [0.05, 0.1) is 5.52 Å². The van der Waals surface area contributed by atoms with E-state index in [1.165, 1.54) is 6.92 Å². The Morgan fingerprint density at radius 1 is 1.08 bits per heavy atom. The van der Waals surface area contributed by atoms with Crippen molar-refractivity contribution in [2.75, 3.05) is 5.32 Å². The number of benzene rings is 2. The summed E-state index contributed by atoms with van der Waals surface area (Å²) >= 11 is 0. The van der Waals surface area contributed by atoms with Gasteiger partial charge in [-0.25, -0.2) is 4.68 Å². The molecular formula is C18H18N4O2. The lowest BCUT2D eigenvalue weighted by Gasteiger charge is -2.06. The molecule has 0 aliphatic heterocycles. The van der Waals surface area contributed by atoms with Crippen LogP contribution in [0.25, 0.3) is 11.0 Å². The summed E-state index contributed by atoms with van der Waals surface area (Å²) in [7, 11) is 0. The summed E-state index contributed by atoms with van der Waals surface area (Å²) in [5, 5.41) is 10.9. The lowest BCUT2D eigenvalue weighted by atomic mass is 10.1. The minimum absolute atomic E-state index is 0.0607. The Morgan fingerprint density at radius 2 is 1.75 bits per heavy atom. The number of Topliss-reactive ketones (excluding diaryl/α,β-unsaturated/α-hetero) is 1. The first kappa shape index (κ1) is 15.9. The molecule has 0 saturated carbocycles. The molecule has 1 aromatic heterocycles. The highest BCUT2D eigenvalue weighted by atomic mass is 16.1. The number of nitrogens with one attached hydrogen (secondary N) is 1. The number of hydrogen-bond acceptors (Lipinski definition) is 4. The Kier molecular flexibility index (Phi) is 4.12. The monoisotopic (exact) mass is 322 g/mol. The summed E-state index contributed by atoms with van der Waals surface area (Å²) in [5.74, 6) is -0.205. The molecule has 122 valence electrons. The molecule has 24 heavy (non-hydrogen) atoms. The van der Waals surface area contributed by atoms with E-state index in [4.69, 9.17) is 0 Å². The van der Waals surface area contributed by atoms with Gasteiger partial charge in [-0.1, -0.05) is 5.21 Å². The average Bonchev–Trinajstić information content (AvgIpc) is 2.90. The van der Waals surface area contributed by atoms with Crippen molar-refractivity contribution in [2.45, 2.75) is 27.3 Å². The maximum atomic E-state index is 12.5. The van der Waals surface area contributed by atoms with E-state index in [2.05, 4.69) is 15.6 Å². The van der Waals surface area contributed by atoms with Crippen LogP contribution in [0.3, 0.4) is 0 Å². The fourth-order valence-electron chi connectivity index (χ4n) is 2.51. The number of ketones is 1. The van der Waals surface area contributed by atoms with Crippen molar-refractivity contribution in [1.82, 2.24) is 15.0 Å². The highest BCUT2D eigenvalue weighted by molar-refractivity contribution is 5.97. The van der Waals surface area contributed by atoms with Crippen molar-refractivity contribution in [3.05, 3.63) is 53.1 Å². The number of carbonyl (C=O) groups is 2. The van der Waals surface area contributed by atoms with Gasteiger partial charge in [0.1, 0.15) is 12.1 Å². The standard InChI is InChI=1S/C18H18N4O2/c1-11-8-16-17(9-12(11)2)22(21-20-16)10-18(24)14-4-6-15(7-5-14)19-13(3)23/h4-9H,10H2,1-3H3,(H,19,23). The van der Waals surface area contributed by atoms with Crippen LogP contribution >= 0.6 is 0 Å². The summed E-state index contributed by atoms with van der Waals surface area (Å²) in [6.45, 7) is 5.61. The molecule has 0 radical (unpaired) electrons. The highest BCUT2D eigenvalue weighted by Gasteiger charge is 2.12. The molecule has 0 unspecified atom stereocenters. The van der Waals surface area contributed by atoms with Crippen molar-refractivity contribution in [3.8, 4) is 0 Å². The van der Waals surface area contributed by atoms with Crippen LogP contribution in [0.2, 0.25) is 0 Å². The fraction of sp³-hybridized carbons (Fsp3) is 0.222. The number of anilines is 1. The highest BCUT2D eigenvalue weighted by Crippen LogP contribution is 2.18. The number of aryl methyl sites for hydroxylation is 2. The number of fused-ring (bicyclic) bond motifs is 1. The first-order chi connectivity index (χ1) is 11.4. The minimum atomic E-state index is -0.145. The molecule has 1 heterocycles. The second-order valence-corrected chi connectivity index (χ2v) is 5.85. The zero-order valence-corrected chi connectivity index (χ0v) is 13.8. The van der Waals surface area contributed by atoms with Gasteiger partial charge in [-0.15, -0.1) is 5.10 Å². The zero-order chi connectivity index (χ0) is 17.3. The molecule has 0 atom stereocenters. The predicted molar refractivity (Wildman–Crippen MR) is 92.1 cm³/mol. The summed E-state index contributed by atoms with van der Waals surface area (Å²) in [6, 6.07) is 10.8. The van der Waals surface area contributed by atoms with Gasteiger partial charge in [0.2, 0.25) is 5.91 Å². The SMILES string of the molecule is CC(=O)Nc1ccc(C(=O)Cn2nnc3cc(C)c(C)cc32)cc1. The van der Waals surface area contributed by atoms with Crippen LogP contribution in [0.1, 0.15) is 28.4 Å². The van der Waals surface area contributed by atoms with E-state index in [0.29, 0.717) is 11.3 Å². The summed E-state index contributed by atoms with van der Waals surface area (Å²) in [6.07, 6.45) is 0. The van der Waals surface area contributed by atoms with Crippen LogP contribution in [-0.4, -0.2) is 26.7 Å². The third-order valence-electron chi connectivity index (χ3n) is 3.95. The predicted octanol–water partition coefficient (Wildman–Crippen LogP) is 2.89. The summed E-state index contributed by atoms with van der Waals surface area (Å²) in [4.78, 5) is 23.5. The van der Waals surface area contributed by atoms with E-state index in [1.54, 1.807) is 28.9 Å². The van der Waals surface area contributed by atoms with Crippen molar-refractivity contribution >= 4 is 28.4 Å². The first-order valence-corrected chi connectivity index (χ1v) is 7.65. The largest absolute Gasteiger partial charge is 0.326 e. The lowest BCUT2D eigenvalue weighted by Crippen LogP contribution is -2.12. The van der Waals surface area contributed by atoms with Gasteiger partial charge in [-0.05, 0) is 61.4 Å². The van der Waals surface area contributed by atoms with Crippen LogP contribution < -0.4 is 5.32 Å². The van der Waals surface area contributed by atoms with Crippen molar-refractivity contribution in [3.63, 3.8) is 0 Å². The molecule has 0 aliphatic carbocycles. The second kappa shape index (κ2) is 6.23. The van der Waals surface area contributed by atoms with Gasteiger partial charge in [-0.3, -0.25) is 9.59 Å². The number of carbonyl (C=O) groups excluding carboxylic acids is 2. The van der Waals surface area contributed by atoms with Gasteiger partial charge >= 0.3 is 0 Å². The molecule has 3 aromatic rings. The molecule has 0 bridgehead atoms. The molecule has 3 rings (SSSR count). The Labute approximate surface area is 139 Å². The molecule has 0 fully saturated rings. The zero-order valence-electron chi connectivity index (χ0n) is 13.8. The quantitative estimate of drug-likeness (QED) is 0.749. The van der Waals surface area contributed by atoms with Crippen LogP contribution in [0.5, 0.6) is 0 Å². The smallest absolute Gasteiger partial charge is 0.221 e. The maximum Gasteiger partial charge on any atom is 0.221 e.